The van der Waals surface area contributed by atoms with Crippen LogP contribution in [0.1, 0.15) is 29.3 Å². The molecule has 0 atom stereocenters. The van der Waals surface area contributed by atoms with E-state index in [0.29, 0.717) is 11.4 Å². The molecule has 0 saturated carbocycles. The van der Waals surface area contributed by atoms with Crippen LogP contribution in [0.3, 0.4) is 0 Å². The minimum Gasteiger partial charge on any atom is -0.306 e. The number of rotatable bonds is 2. The molecular weight excluding hydrogens is 224 g/mol. The highest BCUT2D eigenvalue weighted by molar-refractivity contribution is 5.61. The van der Waals surface area contributed by atoms with Crippen LogP contribution in [0.15, 0.2) is 23.0 Å². The van der Waals surface area contributed by atoms with Gasteiger partial charge in [0, 0.05) is 11.1 Å². The van der Waals surface area contributed by atoms with Gasteiger partial charge in [-0.1, -0.05) is 25.1 Å². The molecule has 0 bridgehead atoms. The van der Waals surface area contributed by atoms with Crippen LogP contribution in [-0.4, -0.2) is 9.97 Å². The summed E-state index contributed by atoms with van der Waals surface area (Å²) in [6.45, 7) is 7.95. The van der Waals surface area contributed by atoms with E-state index in [1.165, 1.54) is 5.56 Å². The first-order valence-corrected chi connectivity index (χ1v) is 6.21. The zero-order valence-electron chi connectivity index (χ0n) is 11.3. The Morgan fingerprint density at radius 2 is 1.89 bits per heavy atom. The van der Waals surface area contributed by atoms with Crippen LogP contribution < -0.4 is 5.56 Å². The molecule has 0 aliphatic heterocycles. The maximum absolute atomic E-state index is 11.9. The van der Waals surface area contributed by atoms with Crippen LogP contribution in [0.25, 0.3) is 11.4 Å². The second-order valence-corrected chi connectivity index (χ2v) is 4.59. The molecule has 94 valence electrons. The van der Waals surface area contributed by atoms with Crippen LogP contribution in [0, 0.1) is 20.8 Å². The van der Waals surface area contributed by atoms with Gasteiger partial charge in [0.2, 0.25) is 0 Å². The maximum atomic E-state index is 11.9. The number of aromatic nitrogens is 2. The summed E-state index contributed by atoms with van der Waals surface area (Å²) in [4.78, 5) is 19.3. The topological polar surface area (TPSA) is 45.8 Å². The van der Waals surface area contributed by atoms with Gasteiger partial charge in [-0.3, -0.25) is 4.79 Å². The van der Waals surface area contributed by atoms with Gasteiger partial charge in [-0.15, -0.1) is 0 Å². The van der Waals surface area contributed by atoms with E-state index in [9.17, 15) is 4.79 Å². The number of H-pyrrole nitrogens is 1. The van der Waals surface area contributed by atoms with E-state index in [4.69, 9.17) is 0 Å². The Bertz CT molecular complexity index is 641. The van der Waals surface area contributed by atoms with Gasteiger partial charge < -0.3 is 4.98 Å². The fraction of sp³-hybridized carbons (Fsp3) is 0.333. The molecule has 1 aromatic heterocycles. The van der Waals surface area contributed by atoms with Gasteiger partial charge in [-0.05, 0) is 38.3 Å². The number of nitrogens with zero attached hydrogens (tertiary/aromatic N) is 1. The first-order chi connectivity index (χ1) is 8.54. The first kappa shape index (κ1) is 12.6. The summed E-state index contributed by atoms with van der Waals surface area (Å²) in [6, 6.07) is 6.05. The van der Waals surface area contributed by atoms with Gasteiger partial charge in [-0.2, -0.15) is 0 Å². The summed E-state index contributed by atoms with van der Waals surface area (Å²) in [6.07, 6.45) is 0.771. The Morgan fingerprint density at radius 1 is 1.17 bits per heavy atom. The molecule has 1 aromatic carbocycles. The third-order valence-corrected chi connectivity index (χ3v) is 3.45. The maximum Gasteiger partial charge on any atom is 0.254 e. The van der Waals surface area contributed by atoms with E-state index >= 15 is 0 Å². The lowest BCUT2D eigenvalue weighted by Gasteiger charge is -2.10. The monoisotopic (exact) mass is 242 g/mol. The predicted molar refractivity (Wildman–Crippen MR) is 73.9 cm³/mol. The quantitative estimate of drug-likeness (QED) is 0.880. The normalized spacial score (nSPS) is 10.7. The van der Waals surface area contributed by atoms with E-state index in [0.717, 1.165) is 23.2 Å². The minimum atomic E-state index is -0.0437. The predicted octanol–water partition coefficient (Wildman–Crippen LogP) is 2.92. The first-order valence-electron chi connectivity index (χ1n) is 6.21. The number of hydrogen-bond donors (Lipinski definition) is 1. The lowest BCUT2D eigenvalue weighted by atomic mass is 10.0. The highest BCUT2D eigenvalue weighted by Crippen LogP contribution is 2.22. The number of benzene rings is 1. The van der Waals surface area contributed by atoms with E-state index < -0.39 is 0 Å². The molecule has 0 spiro atoms. The Morgan fingerprint density at radius 3 is 2.56 bits per heavy atom. The van der Waals surface area contributed by atoms with Crippen molar-refractivity contribution in [2.75, 3.05) is 0 Å². The van der Waals surface area contributed by atoms with Crippen molar-refractivity contribution in [3.05, 3.63) is 50.9 Å². The van der Waals surface area contributed by atoms with E-state index in [1.54, 1.807) is 0 Å². The lowest BCUT2D eigenvalue weighted by molar-refractivity contribution is 0.953. The van der Waals surface area contributed by atoms with Crippen LogP contribution in [0.5, 0.6) is 0 Å². The van der Waals surface area contributed by atoms with Gasteiger partial charge in [0.25, 0.3) is 5.56 Å². The molecule has 3 nitrogen and oxygen atoms in total. The van der Waals surface area contributed by atoms with Crippen molar-refractivity contribution in [3.63, 3.8) is 0 Å². The molecular formula is C15H18N2O. The van der Waals surface area contributed by atoms with Crippen LogP contribution >= 0.6 is 0 Å². The van der Waals surface area contributed by atoms with Crippen molar-refractivity contribution < 1.29 is 0 Å². The fourth-order valence-electron chi connectivity index (χ4n) is 2.06. The van der Waals surface area contributed by atoms with Gasteiger partial charge in [0.05, 0.1) is 5.69 Å². The smallest absolute Gasteiger partial charge is 0.254 e. The molecule has 2 aromatic rings. The third kappa shape index (κ3) is 2.08. The average Bonchev–Trinajstić information content (AvgIpc) is 2.36. The van der Waals surface area contributed by atoms with Crippen molar-refractivity contribution >= 4 is 0 Å². The van der Waals surface area contributed by atoms with Crippen molar-refractivity contribution in [1.82, 2.24) is 9.97 Å². The van der Waals surface area contributed by atoms with Crippen molar-refractivity contribution in [2.24, 2.45) is 0 Å². The zero-order valence-corrected chi connectivity index (χ0v) is 11.3. The van der Waals surface area contributed by atoms with Crippen molar-refractivity contribution in [3.8, 4) is 11.4 Å². The third-order valence-electron chi connectivity index (χ3n) is 3.45. The number of nitrogens with one attached hydrogen (secondary N) is 1. The fourth-order valence-corrected chi connectivity index (χ4v) is 2.06. The summed E-state index contributed by atoms with van der Waals surface area (Å²) in [7, 11) is 0. The molecule has 1 N–H and O–H groups in total. The molecule has 3 heteroatoms. The average molecular weight is 242 g/mol. The number of aryl methyl sites for hydroxylation is 2. The van der Waals surface area contributed by atoms with E-state index in [2.05, 4.69) is 29.9 Å². The lowest BCUT2D eigenvalue weighted by Crippen LogP contribution is -2.16. The summed E-state index contributed by atoms with van der Waals surface area (Å²) in [5.74, 6) is 0.670. The van der Waals surface area contributed by atoms with Gasteiger partial charge >= 0.3 is 0 Å². The van der Waals surface area contributed by atoms with Crippen LogP contribution in [-0.2, 0) is 6.42 Å². The van der Waals surface area contributed by atoms with Crippen LogP contribution in [0.2, 0.25) is 0 Å². The molecule has 0 aliphatic rings. The Labute approximate surface area is 107 Å². The highest BCUT2D eigenvalue weighted by Gasteiger charge is 2.10. The Hall–Kier alpha value is -1.90. The van der Waals surface area contributed by atoms with E-state index in [-0.39, 0.29) is 5.56 Å². The summed E-state index contributed by atoms with van der Waals surface area (Å²) in [5, 5.41) is 0. The molecule has 0 saturated heterocycles. The van der Waals surface area contributed by atoms with Gasteiger partial charge in [0.1, 0.15) is 5.82 Å². The Balaban J connectivity index is 2.68. The molecule has 0 fully saturated rings. The second-order valence-electron chi connectivity index (χ2n) is 4.59. The highest BCUT2D eigenvalue weighted by atomic mass is 16.1. The standard InChI is InChI=1S/C15H18N2O/c1-5-13-11(4)15(18)17-14(16-13)12-8-6-7-9(2)10(12)3/h6-8H,5H2,1-4H3,(H,16,17,18). The van der Waals surface area contributed by atoms with Gasteiger partial charge in [-0.25, -0.2) is 4.98 Å². The molecule has 0 amide bonds. The molecule has 2 rings (SSSR count). The molecule has 1 heterocycles. The van der Waals surface area contributed by atoms with Crippen LogP contribution in [0.4, 0.5) is 0 Å². The van der Waals surface area contributed by atoms with E-state index in [1.807, 2.05) is 26.0 Å². The number of hydrogen-bond acceptors (Lipinski definition) is 2. The zero-order chi connectivity index (χ0) is 13.3. The van der Waals surface area contributed by atoms with Crippen molar-refractivity contribution in [1.29, 1.82) is 0 Å². The molecule has 0 radical (unpaired) electrons. The summed E-state index contributed by atoms with van der Waals surface area (Å²) >= 11 is 0. The number of aromatic amines is 1. The summed E-state index contributed by atoms with van der Waals surface area (Å²) < 4.78 is 0. The second kappa shape index (κ2) is 4.77. The molecule has 0 unspecified atom stereocenters. The largest absolute Gasteiger partial charge is 0.306 e. The minimum absolute atomic E-state index is 0.0437. The molecule has 18 heavy (non-hydrogen) atoms. The SMILES string of the molecule is CCc1nc(-c2cccc(C)c2C)[nH]c(=O)c1C. The summed E-state index contributed by atoms with van der Waals surface area (Å²) in [5.41, 5.74) is 4.90. The van der Waals surface area contributed by atoms with Gasteiger partial charge in [0.15, 0.2) is 0 Å². The van der Waals surface area contributed by atoms with Crippen molar-refractivity contribution in [2.45, 2.75) is 34.1 Å². The Kier molecular flexibility index (Phi) is 3.32. The molecule has 0 aliphatic carbocycles.